The molecule has 28 heavy (non-hydrogen) atoms. The van der Waals surface area contributed by atoms with Crippen LogP contribution in [0.4, 0.5) is 10.5 Å². The minimum Gasteiger partial charge on any atom is -0.345 e. The highest BCUT2D eigenvalue weighted by molar-refractivity contribution is 5.89. The monoisotopic (exact) mass is 386 g/mol. The molecule has 1 N–H and O–H groups in total. The van der Waals surface area contributed by atoms with Gasteiger partial charge in [-0.25, -0.2) is 4.79 Å². The van der Waals surface area contributed by atoms with E-state index in [-0.39, 0.29) is 17.8 Å². The first kappa shape index (κ1) is 20.2. The van der Waals surface area contributed by atoms with Crippen LogP contribution in [0, 0.1) is 5.92 Å². The van der Waals surface area contributed by atoms with E-state index in [0.717, 1.165) is 31.5 Å². The van der Waals surface area contributed by atoms with Crippen molar-refractivity contribution < 1.29 is 14.4 Å². The maximum absolute atomic E-state index is 12.4. The second-order valence-corrected chi connectivity index (χ2v) is 7.74. The van der Waals surface area contributed by atoms with Gasteiger partial charge in [-0.2, -0.15) is 0 Å². The summed E-state index contributed by atoms with van der Waals surface area (Å²) in [4.78, 5) is 41.8. The van der Waals surface area contributed by atoms with E-state index in [9.17, 15) is 14.4 Å². The lowest BCUT2D eigenvalue weighted by Crippen LogP contribution is -2.44. The van der Waals surface area contributed by atoms with Gasteiger partial charge in [-0.3, -0.25) is 9.59 Å². The summed E-state index contributed by atoms with van der Waals surface area (Å²) in [7, 11) is 1.84. The van der Waals surface area contributed by atoms with Gasteiger partial charge in [0.25, 0.3) is 0 Å². The van der Waals surface area contributed by atoms with Crippen molar-refractivity contribution >= 4 is 23.5 Å². The van der Waals surface area contributed by atoms with Gasteiger partial charge in [0, 0.05) is 58.3 Å². The number of urea groups is 1. The van der Waals surface area contributed by atoms with Gasteiger partial charge in [0.1, 0.15) is 0 Å². The van der Waals surface area contributed by atoms with E-state index in [1.807, 2.05) is 42.3 Å². The third-order valence-electron chi connectivity index (χ3n) is 5.65. The molecule has 2 aliphatic heterocycles. The molecule has 0 aromatic heterocycles. The average Bonchev–Trinajstić information content (AvgIpc) is 3.12. The molecule has 0 bridgehead atoms. The van der Waals surface area contributed by atoms with Gasteiger partial charge in [-0.15, -0.1) is 0 Å². The zero-order valence-electron chi connectivity index (χ0n) is 16.6. The number of nitrogens with one attached hydrogen (secondary N) is 1. The summed E-state index contributed by atoms with van der Waals surface area (Å²) in [6.45, 7) is 3.42. The largest absolute Gasteiger partial charge is 0.345 e. The standard InChI is InChI=1S/C21H30N4O3/c1-23(19(26)11-15-24-12-5-8-20(24)27)16-17-9-13-25(14-10-17)21(28)22-18-6-3-2-4-7-18/h2-4,6-7,17H,5,8-16H2,1H3,(H,22,28). The van der Waals surface area contributed by atoms with Crippen molar-refractivity contribution in [1.29, 1.82) is 0 Å². The van der Waals surface area contributed by atoms with E-state index < -0.39 is 0 Å². The fraction of sp³-hybridized carbons (Fsp3) is 0.571. The van der Waals surface area contributed by atoms with Crippen LogP contribution in [0.5, 0.6) is 0 Å². The maximum Gasteiger partial charge on any atom is 0.321 e. The molecule has 1 aromatic rings. The van der Waals surface area contributed by atoms with E-state index in [2.05, 4.69) is 5.32 Å². The number of anilines is 1. The van der Waals surface area contributed by atoms with Crippen LogP contribution in [0.2, 0.25) is 0 Å². The van der Waals surface area contributed by atoms with Crippen LogP contribution in [0.3, 0.4) is 0 Å². The molecular formula is C21H30N4O3. The van der Waals surface area contributed by atoms with Crippen molar-refractivity contribution in [3.63, 3.8) is 0 Å². The number of benzene rings is 1. The minimum absolute atomic E-state index is 0.0654. The highest BCUT2D eigenvalue weighted by atomic mass is 16.2. The second kappa shape index (κ2) is 9.57. The van der Waals surface area contributed by atoms with Crippen molar-refractivity contribution in [2.45, 2.75) is 32.1 Å². The van der Waals surface area contributed by atoms with Crippen molar-refractivity contribution in [1.82, 2.24) is 14.7 Å². The van der Waals surface area contributed by atoms with E-state index in [1.54, 1.807) is 9.80 Å². The number of para-hydroxylation sites is 1. The van der Waals surface area contributed by atoms with E-state index in [4.69, 9.17) is 0 Å². The lowest BCUT2D eigenvalue weighted by atomic mass is 9.96. The predicted octanol–water partition coefficient (Wildman–Crippen LogP) is 2.40. The Morgan fingerprint density at radius 2 is 1.86 bits per heavy atom. The number of amides is 4. The number of nitrogens with zero attached hydrogens (tertiary/aromatic N) is 3. The quantitative estimate of drug-likeness (QED) is 0.816. The molecule has 0 radical (unpaired) electrons. The summed E-state index contributed by atoms with van der Waals surface area (Å²) >= 11 is 0. The van der Waals surface area contributed by atoms with Crippen LogP contribution in [0.15, 0.2) is 30.3 Å². The van der Waals surface area contributed by atoms with Gasteiger partial charge in [0.05, 0.1) is 0 Å². The van der Waals surface area contributed by atoms with Crippen molar-refractivity contribution in [3.8, 4) is 0 Å². The van der Waals surface area contributed by atoms with Crippen molar-refractivity contribution in [2.24, 2.45) is 5.92 Å². The Hall–Kier alpha value is -2.57. The number of likely N-dealkylation sites (tertiary alicyclic amines) is 2. The molecule has 2 fully saturated rings. The Morgan fingerprint density at radius 1 is 1.14 bits per heavy atom. The smallest absolute Gasteiger partial charge is 0.321 e. The fourth-order valence-corrected chi connectivity index (χ4v) is 3.89. The first-order valence-electron chi connectivity index (χ1n) is 10.2. The van der Waals surface area contributed by atoms with Crippen LogP contribution < -0.4 is 5.32 Å². The first-order valence-corrected chi connectivity index (χ1v) is 10.2. The maximum atomic E-state index is 12.4. The number of hydrogen-bond acceptors (Lipinski definition) is 3. The number of hydrogen-bond donors (Lipinski definition) is 1. The molecule has 7 heteroatoms. The zero-order chi connectivity index (χ0) is 19.9. The van der Waals surface area contributed by atoms with Gasteiger partial charge in [-0.05, 0) is 37.3 Å². The molecule has 4 amide bonds. The van der Waals surface area contributed by atoms with Gasteiger partial charge in [0.15, 0.2) is 0 Å². The Kier molecular flexibility index (Phi) is 6.90. The van der Waals surface area contributed by atoms with Crippen LogP contribution in [-0.2, 0) is 9.59 Å². The summed E-state index contributed by atoms with van der Waals surface area (Å²) in [6, 6.07) is 9.40. The topological polar surface area (TPSA) is 73.0 Å². The van der Waals surface area contributed by atoms with E-state index in [1.165, 1.54) is 0 Å². The molecule has 0 spiro atoms. The molecule has 2 aliphatic rings. The van der Waals surface area contributed by atoms with Gasteiger partial charge in [-0.1, -0.05) is 18.2 Å². The third-order valence-corrected chi connectivity index (χ3v) is 5.65. The Morgan fingerprint density at radius 3 is 2.50 bits per heavy atom. The molecule has 2 heterocycles. The van der Waals surface area contributed by atoms with Crippen LogP contribution in [0.25, 0.3) is 0 Å². The highest BCUT2D eigenvalue weighted by Gasteiger charge is 2.26. The van der Waals surface area contributed by atoms with Gasteiger partial charge >= 0.3 is 6.03 Å². The molecule has 0 aliphatic carbocycles. The fourth-order valence-electron chi connectivity index (χ4n) is 3.89. The SMILES string of the molecule is CN(CC1CCN(C(=O)Nc2ccccc2)CC1)C(=O)CCN1CCCC1=O. The summed E-state index contributed by atoms with van der Waals surface area (Å²) in [5.74, 6) is 0.656. The molecule has 0 unspecified atom stereocenters. The van der Waals surface area contributed by atoms with Crippen LogP contribution >= 0.6 is 0 Å². The molecule has 2 saturated heterocycles. The van der Waals surface area contributed by atoms with E-state index in [0.29, 0.717) is 44.9 Å². The Balaban J connectivity index is 1.36. The number of carbonyl (C=O) groups is 3. The molecule has 1 aromatic carbocycles. The number of piperidine rings is 1. The molecule has 152 valence electrons. The normalized spacial score (nSPS) is 17.7. The first-order chi connectivity index (χ1) is 13.5. The molecule has 0 saturated carbocycles. The molecule has 0 atom stereocenters. The molecular weight excluding hydrogens is 356 g/mol. The summed E-state index contributed by atoms with van der Waals surface area (Å²) in [5.41, 5.74) is 0.802. The second-order valence-electron chi connectivity index (χ2n) is 7.74. The highest BCUT2D eigenvalue weighted by Crippen LogP contribution is 2.20. The summed E-state index contributed by atoms with van der Waals surface area (Å²) in [6.07, 6.45) is 3.69. The van der Waals surface area contributed by atoms with Gasteiger partial charge < -0.3 is 20.0 Å². The average molecular weight is 386 g/mol. The van der Waals surface area contributed by atoms with Crippen LogP contribution in [0.1, 0.15) is 32.1 Å². The summed E-state index contributed by atoms with van der Waals surface area (Å²) in [5, 5.41) is 2.92. The Labute approximate surface area is 166 Å². The van der Waals surface area contributed by atoms with Crippen molar-refractivity contribution in [2.75, 3.05) is 45.1 Å². The number of rotatable bonds is 6. The predicted molar refractivity (Wildman–Crippen MR) is 108 cm³/mol. The van der Waals surface area contributed by atoms with Gasteiger partial charge in [0.2, 0.25) is 11.8 Å². The van der Waals surface area contributed by atoms with Crippen LogP contribution in [-0.4, -0.2) is 72.3 Å². The zero-order valence-corrected chi connectivity index (χ0v) is 16.6. The lowest BCUT2D eigenvalue weighted by Gasteiger charge is -2.34. The summed E-state index contributed by atoms with van der Waals surface area (Å²) < 4.78 is 0. The third kappa shape index (κ3) is 5.47. The van der Waals surface area contributed by atoms with E-state index >= 15 is 0 Å². The molecule has 7 nitrogen and oxygen atoms in total. The lowest BCUT2D eigenvalue weighted by molar-refractivity contribution is -0.132. The van der Waals surface area contributed by atoms with Crippen molar-refractivity contribution in [3.05, 3.63) is 30.3 Å². The minimum atomic E-state index is -0.0654. The Bertz CT molecular complexity index is 686. The number of carbonyl (C=O) groups excluding carboxylic acids is 3. The molecule has 3 rings (SSSR count).